The topological polar surface area (TPSA) is 46.6 Å². The van der Waals surface area contributed by atoms with Crippen LogP contribution in [0.1, 0.15) is 5.56 Å². The summed E-state index contributed by atoms with van der Waals surface area (Å²) in [6, 6.07) is 15.8. The first-order valence-electron chi connectivity index (χ1n) is 6.18. The molecule has 106 valence electrons. The van der Waals surface area contributed by atoms with Crippen LogP contribution < -0.4 is 4.74 Å². The van der Waals surface area contributed by atoms with Crippen LogP contribution in [0.3, 0.4) is 0 Å². The molecule has 2 aromatic carbocycles. The van der Waals surface area contributed by atoms with E-state index in [4.69, 9.17) is 4.74 Å². The highest BCUT2D eigenvalue weighted by Crippen LogP contribution is 2.18. The Balaban J connectivity index is 2.16. The van der Waals surface area contributed by atoms with Crippen LogP contribution in [-0.4, -0.2) is 26.9 Å². The smallest absolute Gasteiger partial charge is 0.243 e. The predicted octanol–water partition coefficient (Wildman–Crippen LogP) is 2.52. The highest BCUT2D eigenvalue weighted by atomic mass is 32.2. The molecule has 0 bridgehead atoms. The first-order valence-corrected chi connectivity index (χ1v) is 7.62. The summed E-state index contributed by atoms with van der Waals surface area (Å²) in [5.41, 5.74) is 0.910. The van der Waals surface area contributed by atoms with Crippen LogP contribution in [0.4, 0.5) is 0 Å². The van der Waals surface area contributed by atoms with Gasteiger partial charge >= 0.3 is 0 Å². The lowest BCUT2D eigenvalue weighted by molar-refractivity contribution is 0.414. The number of benzene rings is 2. The summed E-state index contributed by atoms with van der Waals surface area (Å²) in [6.45, 7) is 0.321. The van der Waals surface area contributed by atoms with Gasteiger partial charge in [0.15, 0.2) is 0 Å². The van der Waals surface area contributed by atoms with Crippen LogP contribution in [0.15, 0.2) is 59.5 Å². The van der Waals surface area contributed by atoms with Gasteiger partial charge in [-0.15, -0.1) is 0 Å². The SMILES string of the molecule is COc1ccc(CN(C)S(=O)(=O)c2ccccc2)cc1. The minimum Gasteiger partial charge on any atom is -0.497 e. The second-order valence-electron chi connectivity index (χ2n) is 4.42. The van der Waals surface area contributed by atoms with E-state index in [0.717, 1.165) is 11.3 Å². The molecule has 0 aliphatic heterocycles. The molecule has 4 nitrogen and oxygen atoms in total. The second kappa shape index (κ2) is 6.07. The number of hydrogen-bond acceptors (Lipinski definition) is 3. The molecule has 0 unspecified atom stereocenters. The quantitative estimate of drug-likeness (QED) is 0.850. The van der Waals surface area contributed by atoms with Gasteiger partial charge in [-0.1, -0.05) is 30.3 Å². The lowest BCUT2D eigenvalue weighted by Gasteiger charge is -2.17. The van der Waals surface area contributed by atoms with Crippen molar-refractivity contribution in [3.8, 4) is 5.75 Å². The van der Waals surface area contributed by atoms with E-state index in [1.807, 2.05) is 24.3 Å². The maximum absolute atomic E-state index is 12.4. The molecule has 0 aliphatic carbocycles. The Hall–Kier alpha value is -1.85. The zero-order chi connectivity index (χ0) is 14.6. The summed E-state index contributed by atoms with van der Waals surface area (Å²) in [7, 11) is -0.277. The lowest BCUT2D eigenvalue weighted by Crippen LogP contribution is -2.26. The third-order valence-corrected chi connectivity index (χ3v) is 4.83. The zero-order valence-corrected chi connectivity index (χ0v) is 12.3. The van der Waals surface area contributed by atoms with Crippen molar-refractivity contribution in [2.24, 2.45) is 0 Å². The zero-order valence-electron chi connectivity index (χ0n) is 11.5. The lowest BCUT2D eigenvalue weighted by atomic mass is 10.2. The van der Waals surface area contributed by atoms with E-state index in [1.165, 1.54) is 4.31 Å². The monoisotopic (exact) mass is 291 g/mol. The van der Waals surface area contributed by atoms with Gasteiger partial charge in [0.05, 0.1) is 12.0 Å². The second-order valence-corrected chi connectivity index (χ2v) is 6.47. The maximum Gasteiger partial charge on any atom is 0.243 e. The molecule has 0 atom stereocenters. The van der Waals surface area contributed by atoms with E-state index in [1.54, 1.807) is 44.5 Å². The van der Waals surface area contributed by atoms with Gasteiger partial charge in [-0.3, -0.25) is 0 Å². The molecular formula is C15H17NO3S. The summed E-state index contributed by atoms with van der Waals surface area (Å²) in [5.74, 6) is 0.752. The van der Waals surface area contributed by atoms with Crippen LogP contribution in [0.5, 0.6) is 5.75 Å². The number of hydrogen-bond donors (Lipinski definition) is 0. The Morgan fingerprint density at radius 2 is 1.60 bits per heavy atom. The fourth-order valence-corrected chi connectivity index (χ4v) is 3.03. The molecule has 0 aromatic heterocycles. The maximum atomic E-state index is 12.4. The number of rotatable bonds is 5. The molecule has 0 saturated carbocycles. The van der Waals surface area contributed by atoms with Crippen molar-refractivity contribution in [1.29, 1.82) is 0 Å². The first-order chi connectivity index (χ1) is 9.54. The van der Waals surface area contributed by atoms with E-state index in [0.29, 0.717) is 11.4 Å². The van der Waals surface area contributed by atoms with Gasteiger partial charge in [0.2, 0.25) is 10.0 Å². The van der Waals surface area contributed by atoms with Crippen LogP contribution >= 0.6 is 0 Å². The summed E-state index contributed by atoms with van der Waals surface area (Å²) >= 11 is 0. The van der Waals surface area contributed by atoms with Gasteiger partial charge in [-0.05, 0) is 29.8 Å². The fraction of sp³-hybridized carbons (Fsp3) is 0.200. The minimum absolute atomic E-state index is 0.302. The predicted molar refractivity (Wildman–Crippen MR) is 78.1 cm³/mol. The van der Waals surface area contributed by atoms with Gasteiger partial charge in [0.1, 0.15) is 5.75 Å². The minimum atomic E-state index is -3.45. The van der Waals surface area contributed by atoms with Gasteiger partial charge < -0.3 is 4.74 Å². The van der Waals surface area contributed by atoms with Crippen LogP contribution in [0.2, 0.25) is 0 Å². The molecule has 0 aliphatic rings. The standard InChI is InChI=1S/C15H17NO3S/c1-16(12-13-8-10-14(19-2)11-9-13)20(17,18)15-6-4-3-5-7-15/h3-11H,12H2,1-2H3. The van der Waals surface area contributed by atoms with Crippen LogP contribution in [0, 0.1) is 0 Å². The first kappa shape index (κ1) is 14.6. The molecular weight excluding hydrogens is 274 g/mol. The highest BCUT2D eigenvalue weighted by molar-refractivity contribution is 7.89. The summed E-state index contributed by atoms with van der Waals surface area (Å²) in [5, 5.41) is 0. The molecule has 2 aromatic rings. The molecule has 0 amide bonds. The third kappa shape index (κ3) is 3.18. The highest BCUT2D eigenvalue weighted by Gasteiger charge is 2.20. The van der Waals surface area contributed by atoms with Crippen molar-refractivity contribution in [1.82, 2.24) is 4.31 Å². The van der Waals surface area contributed by atoms with Crippen molar-refractivity contribution in [3.63, 3.8) is 0 Å². The average Bonchev–Trinajstić information content (AvgIpc) is 2.49. The van der Waals surface area contributed by atoms with Crippen LogP contribution in [-0.2, 0) is 16.6 Å². The Bertz CT molecular complexity index is 651. The Morgan fingerprint density at radius 3 is 2.15 bits per heavy atom. The van der Waals surface area contributed by atoms with E-state index in [9.17, 15) is 8.42 Å². The molecule has 2 rings (SSSR count). The molecule has 5 heteroatoms. The Labute approximate surface area is 119 Å². The van der Waals surface area contributed by atoms with Gasteiger partial charge in [-0.2, -0.15) is 4.31 Å². The van der Waals surface area contributed by atoms with E-state index < -0.39 is 10.0 Å². The molecule has 0 spiro atoms. The molecule has 20 heavy (non-hydrogen) atoms. The van der Waals surface area contributed by atoms with Crippen molar-refractivity contribution in [3.05, 3.63) is 60.2 Å². The largest absolute Gasteiger partial charge is 0.497 e. The van der Waals surface area contributed by atoms with E-state index in [2.05, 4.69) is 0 Å². The van der Waals surface area contributed by atoms with Gasteiger partial charge in [-0.25, -0.2) is 8.42 Å². The van der Waals surface area contributed by atoms with E-state index >= 15 is 0 Å². The van der Waals surface area contributed by atoms with Crippen LogP contribution in [0.25, 0.3) is 0 Å². The van der Waals surface area contributed by atoms with Gasteiger partial charge in [0.25, 0.3) is 0 Å². The molecule has 0 N–H and O–H groups in total. The summed E-state index contributed by atoms with van der Waals surface area (Å²) in [6.07, 6.45) is 0. The van der Waals surface area contributed by atoms with E-state index in [-0.39, 0.29) is 0 Å². The number of sulfonamides is 1. The average molecular weight is 291 g/mol. The van der Waals surface area contributed by atoms with Crippen molar-refractivity contribution < 1.29 is 13.2 Å². The van der Waals surface area contributed by atoms with Crippen molar-refractivity contribution in [2.45, 2.75) is 11.4 Å². The molecule has 0 radical (unpaired) electrons. The number of methoxy groups -OCH3 is 1. The Kier molecular flexibility index (Phi) is 4.42. The number of ether oxygens (including phenoxy) is 1. The Morgan fingerprint density at radius 1 is 1.00 bits per heavy atom. The summed E-state index contributed by atoms with van der Waals surface area (Å²) in [4.78, 5) is 0.302. The van der Waals surface area contributed by atoms with Crippen molar-refractivity contribution in [2.75, 3.05) is 14.2 Å². The molecule has 0 fully saturated rings. The third-order valence-electron chi connectivity index (χ3n) is 3.02. The summed E-state index contributed by atoms with van der Waals surface area (Å²) < 4.78 is 31.1. The number of nitrogens with zero attached hydrogens (tertiary/aromatic N) is 1. The molecule has 0 saturated heterocycles. The normalized spacial score (nSPS) is 11.6. The molecule has 0 heterocycles. The fourth-order valence-electron chi connectivity index (χ4n) is 1.85. The van der Waals surface area contributed by atoms with Gasteiger partial charge in [0, 0.05) is 13.6 Å². The van der Waals surface area contributed by atoms with Crippen molar-refractivity contribution >= 4 is 10.0 Å².